The maximum absolute atomic E-state index is 2.50. The van der Waals surface area contributed by atoms with Gasteiger partial charge in [0.15, 0.2) is 0 Å². The minimum atomic E-state index is 1.32. The van der Waals surface area contributed by atoms with Gasteiger partial charge in [0.05, 0.1) is 0 Å². The van der Waals surface area contributed by atoms with Gasteiger partial charge in [-0.15, -0.1) is 0 Å². The molecule has 0 atom stereocenters. The molecular formula is C16H30. The molecule has 1 rings (SSSR count). The summed E-state index contributed by atoms with van der Waals surface area (Å²) in [6, 6.07) is 0. The molecule has 2 radical (unpaired) electrons. The molecule has 1 aliphatic carbocycles. The van der Waals surface area contributed by atoms with E-state index >= 15 is 0 Å². The van der Waals surface area contributed by atoms with E-state index in [0.717, 1.165) is 0 Å². The molecule has 0 nitrogen and oxygen atoms in total. The van der Waals surface area contributed by atoms with Crippen LogP contribution in [0.15, 0.2) is 0 Å². The molecule has 0 aromatic carbocycles. The van der Waals surface area contributed by atoms with Crippen molar-refractivity contribution in [3.63, 3.8) is 0 Å². The molecular weight excluding hydrogens is 192 g/mol. The second-order valence-corrected chi connectivity index (χ2v) is 5.27. The summed E-state index contributed by atoms with van der Waals surface area (Å²) in [5, 5.41) is 0. The van der Waals surface area contributed by atoms with Crippen LogP contribution in [0.3, 0.4) is 0 Å². The lowest BCUT2D eigenvalue weighted by molar-refractivity contribution is 0.543. The molecule has 0 aromatic heterocycles. The van der Waals surface area contributed by atoms with Gasteiger partial charge in [-0.3, -0.25) is 0 Å². The SMILES string of the molecule is [CH]1CC[CH]CCCCCCCCCCCC1. The molecule has 1 saturated carbocycles. The van der Waals surface area contributed by atoms with Crippen LogP contribution < -0.4 is 0 Å². The Kier molecular flexibility index (Phi) is 10.1. The molecule has 0 spiro atoms. The third kappa shape index (κ3) is 9.24. The minimum absolute atomic E-state index is 1.32. The Labute approximate surface area is 103 Å². The molecule has 0 N–H and O–H groups in total. The molecule has 1 fully saturated rings. The summed E-state index contributed by atoms with van der Waals surface area (Å²) < 4.78 is 0. The lowest BCUT2D eigenvalue weighted by Gasteiger charge is -2.05. The molecule has 16 heavy (non-hydrogen) atoms. The molecule has 0 heteroatoms. The first kappa shape index (κ1) is 14.1. The molecule has 0 bridgehead atoms. The summed E-state index contributed by atoms with van der Waals surface area (Å²) in [5.41, 5.74) is 0. The molecule has 94 valence electrons. The second kappa shape index (κ2) is 11.5. The van der Waals surface area contributed by atoms with Gasteiger partial charge in [0.25, 0.3) is 0 Å². The van der Waals surface area contributed by atoms with Crippen LogP contribution in [0, 0.1) is 12.8 Å². The lowest BCUT2D eigenvalue weighted by atomic mass is 10.0. The summed E-state index contributed by atoms with van der Waals surface area (Å²) in [7, 11) is 0. The van der Waals surface area contributed by atoms with Crippen molar-refractivity contribution >= 4 is 0 Å². The van der Waals surface area contributed by atoms with Gasteiger partial charge in [0.1, 0.15) is 0 Å². The standard InChI is InChI=1S/C16H30/c1-2-4-6-8-10-12-14-16-15-13-11-9-7-5-3-1/h1,6H,2-5,7-16H2. The van der Waals surface area contributed by atoms with Gasteiger partial charge >= 0.3 is 0 Å². The van der Waals surface area contributed by atoms with E-state index in [0.29, 0.717) is 0 Å². The van der Waals surface area contributed by atoms with Gasteiger partial charge in [0.2, 0.25) is 0 Å². The van der Waals surface area contributed by atoms with Gasteiger partial charge in [0, 0.05) is 0 Å². The van der Waals surface area contributed by atoms with Crippen molar-refractivity contribution in [2.45, 2.75) is 89.9 Å². The minimum Gasteiger partial charge on any atom is -0.0533 e. The van der Waals surface area contributed by atoms with Gasteiger partial charge in [-0.2, -0.15) is 0 Å². The molecule has 0 unspecified atom stereocenters. The zero-order chi connectivity index (χ0) is 11.3. The fourth-order valence-electron chi connectivity index (χ4n) is 2.52. The van der Waals surface area contributed by atoms with Crippen LogP contribution in [-0.4, -0.2) is 0 Å². The van der Waals surface area contributed by atoms with Gasteiger partial charge in [-0.1, -0.05) is 77.0 Å². The first-order valence-electron chi connectivity index (χ1n) is 7.63. The van der Waals surface area contributed by atoms with Crippen LogP contribution in [0.4, 0.5) is 0 Å². The summed E-state index contributed by atoms with van der Waals surface area (Å²) >= 11 is 0. The van der Waals surface area contributed by atoms with Crippen LogP contribution in [-0.2, 0) is 0 Å². The monoisotopic (exact) mass is 222 g/mol. The molecule has 0 aromatic rings. The Morgan fingerprint density at radius 1 is 0.312 bits per heavy atom. The third-order valence-electron chi connectivity index (χ3n) is 3.64. The average Bonchev–Trinajstić information content (AvgIpc) is 2.29. The molecule has 0 aliphatic heterocycles. The van der Waals surface area contributed by atoms with E-state index in [1.807, 2.05) is 0 Å². The number of hydrogen-bond acceptors (Lipinski definition) is 0. The van der Waals surface area contributed by atoms with Gasteiger partial charge in [-0.25, -0.2) is 0 Å². The highest BCUT2D eigenvalue weighted by atomic mass is 14.0. The highest BCUT2D eigenvalue weighted by Crippen LogP contribution is 2.15. The third-order valence-corrected chi connectivity index (χ3v) is 3.64. The van der Waals surface area contributed by atoms with E-state index in [2.05, 4.69) is 12.8 Å². The Balaban J connectivity index is 2.00. The number of hydrogen-bond donors (Lipinski definition) is 0. The number of rotatable bonds is 0. The maximum Gasteiger partial charge on any atom is -0.0386 e. The summed E-state index contributed by atoms with van der Waals surface area (Å²) in [5.74, 6) is 0. The first-order valence-corrected chi connectivity index (χ1v) is 7.63. The quantitative estimate of drug-likeness (QED) is 0.481. The van der Waals surface area contributed by atoms with E-state index in [-0.39, 0.29) is 0 Å². The Morgan fingerprint density at radius 3 is 1.00 bits per heavy atom. The average molecular weight is 222 g/mol. The van der Waals surface area contributed by atoms with Crippen LogP contribution >= 0.6 is 0 Å². The fourth-order valence-corrected chi connectivity index (χ4v) is 2.52. The highest BCUT2D eigenvalue weighted by Gasteiger charge is 1.96. The normalized spacial score (nSPS) is 24.0. The predicted octanol–water partition coefficient (Wildman–Crippen LogP) is 5.87. The van der Waals surface area contributed by atoms with E-state index in [1.54, 1.807) is 0 Å². The van der Waals surface area contributed by atoms with Crippen molar-refractivity contribution in [3.8, 4) is 0 Å². The zero-order valence-electron chi connectivity index (χ0n) is 11.1. The molecule has 0 amide bonds. The Bertz CT molecular complexity index is 64.0. The van der Waals surface area contributed by atoms with Crippen LogP contribution in [0.25, 0.3) is 0 Å². The highest BCUT2D eigenvalue weighted by molar-refractivity contribution is 4.72. The van der Waals surface area contributed by atoms with E-state index in [4.69, 9.17) is 0 Å². The van der Waals surface area contributed by atoms with Crippen molar-refractivity contribution in [2.75, 3.05) is 0 Å². The van der Waals surface area contributed by atoms with Crippen molar-refractivity contribution in [1.82, 2.24) is 0 Å². The van der Waals surface area contributed by atoms with Crippen molar-refractivity contribution in [1.29, 1.82) is 0 Å². The summed E-state index contributed by atoms with van der Waals surface area (Å²) in [6.45, 7) is 0. The van der Waals surface area contributed by atoms with Crippen molar-refractivity contribution in [2.24, 2.45) is 0 Å². The van der Waals surface area contributed by atoms with Gasteiger partial charge < -0.3 is 0 Å². The smallest absolute Gasteiger partial charge is 0.0386 e. The largest absolute Gasteiger partial charge is 0.0533 e. The topological polar surface area (TPSA) is 0 Å². The molecule has 1 aliphatic rings. The summed E-state index contributed by atoms with van der Waals surface area (Å²) in [6.07, 6.45) is 25.0. The van der Waals surface area contributed by atoms with E-state index < -0.39 is 0 Å². The maximum atomic E-state index is 2.50. The van der Waals surface area contributed by atoms with Crippen molar-refractivity contribution < 1.29 is 0 Å². The lowest BCUT2D eigenvalue weighted by Crippen LogP contribution is -1.86. The zero-order valence-corrected chi connectivity index (χ0v) is 11.1. The van der Waals surface area contributed by atoms with Crippen LogP contribution in [0.1, 0.15) is 89.9 Å². The van der Waals surface area contributed by atoms with Crippen LogP contribution in [0.5, 0.6) is 0 Å². The van der Waals surface area contributed by atoms with E-state index in [1.165, 1.54) is 89.9 Å². The first-order chi connectivity index (χ1) is 8.00. The summed E-state index contributed by atoms with van der Waals surface area (Å²) in [4.78, 5) is 0. The second-order valence-electron chi connectivity index (χ2n) is 5.27. The predicted molar refractivity (Wildman–Crippen MR) is 73.2 cm³/mol. The molecule has 0 heterocycles. The van der Waals surface area contributed by atoms with Crippen LogP contribution in [0.2, 0.25) is 0 Å². The fraction of sp³-hybridized carbons (Fsp3) is 0.875. The Morgan fingerprint density at radius 2 is 0.625 bits per heavy atom. The molecule has 0 saturated heterocycles. The van der Waals surface area contributed by atoms with Gasteiger partial charge in [-0.05, 0) is 25.7 Å². The Hall–Kier alpha value is 0. The van der Waals surface area contributed by atoms with Crippen molar-refractivity contribution in [3.05, 3.63) is 12.8 Å². The van der Waals surface area contributed by atoms with E-state index in [9.17, 15) is 0 Å².